The van der Waals surface area contributed by atoms with Crippen molar-refractivity contribution in [3.63, 3.8) is 0 Å². The predicted molar refractivity (Wildman–Crippen MR) is 155 cm³/mol. The molecule has 2 saturated carbocycles. The number of amides is 2. The number of nitrogens with zero attached hydrogens (tertiary/aromatic N) is 3. The van der Waals surface area contributed by atoms with E-state index in [-0.39, 0.29) is 23.2 Å². The molecular weight excluding hydrogens is 574 g/mol. The third-order valence-corrected chi connectivity index (χ3v) is 8.68. The van der Waals surface area contributed by atoms with Crippen LogP contribution in [0.1, 0.15) is 43.1 Å². The predicted octanol–water partition coefficient (Wildman–Crippen LogP) is -0.779. The van der Waals surface area contributed by atoms with Crippen LogP contribution in [0.15, 0.2) is 6.07 Å². The van der Waals surface area contributed by atoms with E-state index in [4.69, 9.17) is 21.9 Å². The van der Waals surface area contributed by atoms with Gasteiger partial charge in [-0.15, -0.1) is 0 Å². The lowest BCUT2D eigenvalue weighted by atomic mass is 9.42. The molecule has 0 aromatic heterocycles. The number of benzene rings is 1. The molecular formula is C29H37N7O8. The third-order valence-electron chi connectivity index (χ3n) is 8.68. The summed E-state index contributed by atoms with van der Waals surface area (Å²) in [5.74, 6) is -10.8. The number of hydrogen-bond acceptors (Lipinski definition) is 13. The van der Waals surface area contributed by atoms with Gasteiger partial charge in [0.25, 0.3) is 0 Å². The Balaban J connectivity index is 1.98. The molecule has 0 saturated heterocycles. The Morgan fingerprint density at radius 2 is 1.70 bits per heavy atom. The molecule has 3 aliphatic carbocycles. The fourth-order valence-corrected chi connectivity index (χ4v) is 7.16. The Morgan fingerprint density at radius 1 is 1.11 bits per heavy atom. The van der Waals surface area contributed by atoms with Crippen LogP contribution in [0.4, 0.5) is 16.2 Å². The number of likely N-dealkylation sites (N-methyl/N-ethyl adjacent to an activating group) is 1. The topological polar surface area (TPSA) is 252 Å². The Hall–Kier alpha value is -4.39. The third kappa shape index (κ3) is 4.35. The Labute approximate surface area is 253 Å². The van der Waals surface area contributed by atoms with Crippen molar-refractivity contribution in [3.05, 3.63) is 17.2 Å². The molecule has 2 amide bonds. The van der Waals surface area contributed by atoms with Crippen LogP contribution >= 0.6 is 0 Å². The molecule has 0 radical (unpaired) electrons. The first-order valence-electron chi connectivity index (χ1n) is 13.8. The van der Waals surface area contributed by atoms with Gasteiger partial charge in [-0.2, -0.15) is 5.26 Å². The van der Waals surface area contributed by atoms with Crippen molar-refractivity contribution in [1.82, 2.24) is 4.90 Å². The number of nitrogens with two attached hydrogens (primary N) is 3. The van der Waals surface area contributed by atoms with Crippen LogP contribution in [0.5, 0.6) is 5.75 Å². The highest BCUT2D eigenvalue weighted by Crippen LogP contribution is 2.57. The van der Waals surface area contributed by atoms with Crippen molar-refractivity contribution in [2.24, 2.45) is 34.5 Å². The lowest BCUT2D eigenvalue weighted by molar-refractivity contribution is -0.166. The van der Waals surface area contributed by atoms with Crippen LogP contribution in [0.2, 0.25) is 0 Å². The maximum Gasteiger partial charge on any atom is 0.412 e. The molecule has 44 heavy (non-hydrogen) atoms. The zero-order valence-electron chi connectivity index (χ0n) is 25.6. The fraction of sp³-hybridized carbons (Fsp3) is 0.552. The number of rotatable bonds is 4. The van der Waals surface area contributed by atoms with Crippen LogP contribution in [-0.2, 0) is 30.3 Å². The Kier molecular flexibility index (Phi) is 7.45. The molecule has 0 bridgehead atoms. The van der Waals surface area contributed by atoms with Gasteiger partial charge in [0.15, 0.2) is 34.5 Å². The molecule has 2 fully saturated rings. The van der Waals surface area contributed by atoms with Crippen LogP contribution in [0.25, 0.3) is 0 Å². The van der Waals surface area contributed by atoms with Crippen molar-refractivity contribution in [2.75, 3.05) is 38.4 Å². The first-order valence-corrected chi connectivity index (χ1v) is 13.8. The second kappa shape index (κ2) is 10.1. The average Bonchev–Trinajstić information content (AvgIpc) is 2.83. The van der Waals surface area contributed by atoms with Gasteiger partial charge in [0.05, 0.1) is 28.9 Å². The number of ketones is 4. The summed E-state index contributed by atoms with van der Waals surface area (Å²) >= 11 is 0. The molecule has 15 nitrogen and oxygen atoms in total. The standard InChI is InChI=1S/C29H37N7O8/c1-26(2,3)44-25(43)34-13-8-14(35(4)5)12-9-27(32)10-29(33)21(36(6)7)20(39)16(24(31)42)22(40)28(29,11-30)23(41)17(27)19(38)15(12)18(13)37/h8,16-17,21,37H,9-10,32-33H2,1-7H3,(H2,31,42)(H,34,43)/t16?,17?,21-,27-,28+,29-/m1/s1. The number of ether oxygens (including phenoxy) is 1. The minimum atomic E-state index is -2.86. The first kappa shape index (κ1) is 32.5. The molecule has 6 atom stereocenters. The van der Waals surface area contributed by atoms with Gasteiger partial charge in [-0.05, 0) is 59.3 Å². The number of phenolic OH excluding ortho intramolecular Hbond substituents is 1. The number of fused-ring (bicyclic) bond motifs is 3. The SMILES string of the molecule is CN(C)c1cc(NC(=O)OC(C)(C)C)c(O)c2c1C[C@@]1(N)C[C@@]3(N)[C@H](N(C)C)C(=O)C(C(N)=O)C(=O)[C@@]3(C#N)C(=O)C1C2=O. The van der Waals surface area contributed by atoms with E-state index in [0.717, 1.165) is 0 Å². The van der Waals surface area contributed by atoms with Gasteiger partial charge in [-0.1, -0.05) is 0 Å². The number of Topliss-reactive ketones (excluding diaryl/α,β-unsaturated/α-hetero) is 4. The molecule has 8 N–H and O–H groups in total. The number of nitrogens with one attached hydrogen (secondary N) is 1. The van der Waals surface area contributed by atoms with Crippen molar-refractivity contribution in [2.45, 2.75) is 56.3 Å². The maximum absolute atomic E-state index is 14.5. The molecule has 1 aromatic carbocycles. The second-order valence-corrected chi connectivity index (χ2v) is 13.3. The zero-order chi connectivity index (χ0) is 33.5. The molecule has 15 heteroatoms. The Morgan fingerprint density at radius 3 is 2.18 bits per heavy atom. The largest absolute Gasteiger partial charge is 0.505 e. The normalized spacial score (nSPS) is 31.4. The summed E-state index contributed by atoms with van der Waals surface area (Å²) in [4.78, 5) is 84.0. The molecule has 1 aromatic rings. The van der Waals surface area contributed by atoms with Crippen molar-refractivity contribution < 1.29 is 38.6 Å². The number of carbonyl (C=O) groups excluding carboxylic acids is 6. The summed E-state index contributed by atoms with van der Waals surface area (Å²) in [5.41, 5.74) is 11.3. The lowest BCUT2D eigenvalue weighted by Crippen LogP contribution is -2.85. The quantitative estimate of drug-likeness (QED) is 0.207. The number of hydrogen-bond donors (Lipinski definition) is 5. The van der Waals surface area contributed by atoms with E-state index in [1.54, 1.807) is 45.8 Å². The van der Waals surface area contributed by atoms with E-state index in [2.05, 4.69) is 5.32 Å². The number of primary amides is 1. The lowest BCUT2D eigenvalue weighted by Gasteiger charge is -2.60. The van der Waals surface area contributed by atoms with Gasteiger partial charge in [0.2, 0.25) is 5.91 Å². The highest BCUT2D eigenvalue weighted by atomic mass is 16.6. The number of phenols is 1. The van der Waals surface area contributed by atoms with E-state index in [1.807, 2.05) is 0 Å². The zero-order valence-corrected chi connectivity index (χ0v) is 25.6. The summed E-state index contributed by atoms with van der Waals surface area (Å²) in [5, 5.41) is 24.2. The van der Waals surface area contributed by atoms with E-state index < -0.39 is 87.3 Å². The van der Waals surface area contributed by atoms with Gasteiger partial charge in [-0.25, -0.2) is 4.79 Å². The second-order valence-electron chi connectivity index (χ2n) is 13.3. The van der Waals surface area contributed by atoms with E-state index >= 15 is 0 Å². The van der Waals surface area contributed by atoms with Gasteiger partial charge in [0, 0.05) is 25.3 Å². The molecule has 4 rings (SSSR count). The minimum Gasteiger partial charge on any atom is -0.505 e. The number of carbonyl (C=O) groups is 6. The summed E-state index contributed by atoms with van der Waals surface area (Å²) in [6.45, 7) is 4.90. The minimum absolute atomic E-state index is 0.202. The summed E-state index contributed by atoms with van der Waals surface area (Å²) in [7, 11) is 6.14. The average molecular weight is 612 g/mol. The highest BCUT2D eigenvalue weighted by molar-refractivity contribution is 6.33. The summed E-state index contributed by atoms with van der Waals surface area (Å²) < 4.78 is 5.27. The van der Waals surface area contributed by atoms with Crippen molar-refractivity contribution >= 4 is 46.5 Å². The first-order chi connectivity index (χ1) is 20.1. The van der Waals surface area contributed by atoms with Gasteiger partial charge in [-0.3, -0.25) is 34.2 Å². The highest BCUT2D eigenvalue weighted by Gasteiger charge is 2.78. The van der Waals surface area contributed by atoms with Gasteiger partial charge < -0.3 is 31.9 Å². The monoisotopic (exact) mass is 611 g/mol. The Bertz CT molecular complexity index is 1570. The molecule has 3 aliphatic rings. The van der Waals surface area contributed by atoms with E-state index in [9.17, 15) is 39.1 Å². The van der Waals surface area contributed by atoms with Crippen molar-refractivity contribution in [1.29, 1.82) is 5.26 Å². The molecule has 236 valence electrons. The van der Waals surface area contributed by atoms with Gasteiger partial charge in [0.1, 0.15) is 17.3 Å². The van der Waals surface area contributed by atoms with E-state index in [0.29, 0.717) is 5.69 Å². The summed E-state index contributed by atoms with van der Waals surface area (Å²) in [6.07, 6.45) is -1.71. The molecule has 0 heterocycles. The van der Waals surface area contributed by atoms with Crippen molar-refractivity contribution in [3.8, 4) is 11.8 Å². The van der Waals surface area contributed by atoms with Crippen LogP contribution in [-0.4, -0.2) is 96.1 Å². The fourth-order valence-electron chi connectivity index (χ4n) is 7.16. The summed E-state index contributed by atoms with van der Waals surface area (Å²) in [6, 6.07) is 1.57. The van der Waals surface area contributed by atoms with Gasteiger partial charge >= 0.3 is 6.09 Å². The molecule has 2 unspecified atom stereocenters. The number of nitriles is 1. The number of aromatic hydroxyl groups is 1. The molecule has 0 spiro atoms. The van der Waals surface area contributed by atoms with Crippen LogP contribution < -0.4 is 27.4 Å². The number of anilines is 2. The van der Waals surface area contributed by atoms with Crippen LogP contribution in [0, 0.1) is 28.6 Å². The molecule has 0 aliphatic heterocycles. The van der Waals surface area contributed by atoms with Crippen LogP contribution in [0.3, 0.4) is 0 Å². The smallest absolute Gasteiger partial charge is 0.412 e. The van der Waals surface area contributed by atoms with E-state index in [1.165, 1.54) is 25.1 Å². The maximum atomic E-state index is 14.5.